The van der Waals surface area contributed by atoms with Gasteiger partial charge in [0.15, 0.2) is 0 Å². The van der Waals surface area contributed by atoms with Gasteiger partial charge in [-0.2, -0.15) is 16.9 Å². The van der Waals surface area contributed by atoms with Crippen LogP contribution in [0.5, 0.6) is 0 Å². The van der Waals surface area contributed by atoms with Crippen molar-refractivity contribution in [2.75, 3.05) is 12.8 Å². The van der Waals surface area contributed by atoms with E-state index in [1.807, 2.05) is 11.7 Å². The lowest BCUT2D eigenvalue weighted by molar-refractivity contribution is 0.482. The number of rotatable bonds is 4. The lowest BCUT2D eigenvalue weighted by Crippen LogP contribution is -2.39. The molecule has 1 saturated heterocycles. The van der Waals surface area contributed by atoms with Gasteiger partial charge < -0.3 is 5.32 Å². The zero-order valence-electron chi connectivity index (χ0n) is 11.4. The second-order valence-electron chi connectivity index (χ2n) is 4.97. The Balaban J connectivity index is 2.09. The zero-order valence-corrected chi connectivity index (χ0v) is 13.8. The van der Waals surface area contributed by atoms with Crippen molar-refractivity contribution in [3.05, 3.63) is 15.9 Å². The highest BCUT2D eigenvalue weighted by atomic mass is 79.9. The molecule has 0 aromatic carbocycles. The molecule has 2 heterocycles. The fourth-order valence-electron chi connectivity index (χ4n) is 2.61. The first-order chi connectivity index (χ1) is 8.63. The third kappa shape index (κ3) is 3.11. The van der Waals surface area contributed by atoms with Crippen molar-refractivity contribution in [3.63, 3.8) is 0 Å². The monoisotopic (exact) mass is 331 g/mol. The van der Waals surface area contributed by atoms with Crippen molar-refractivity contribution >= 4 is 27.7 Å². The van der Waals surface area contributed by atoms with Crippen LogP contribution in [0.4, 0.5) is 0 Å². The van der Waals surface area contributed by atoms with E-state index in [9.17, 15) is 0 Å². The number of hydrogen-bond donors (Lipinski definition) is 1. The van der Waals surface area contributed by atoms with Crippen LogP contribution in [-0.2, 0) is 13.5 Å². The first kappa shape index (κ1) is 14.4. The smallest absolute Gasteiger partial charge is 0.0738 e. The van der Waals surface area contributed by atoms with Gasteiger partial charge in [-0.3, -0.25) is 4.68 Å². The van der Waals surface area contributed by atoms with Crippen molar-refractivity contribution in [1.82, 2.24) is 15.1 Å². The van der Waals surface area contributed by atoms with Crippen LogP contribution in [-0.4, -0.2) is 33.9 Å². The molecule has 0 amide bonds. The molecular formula is C13H22BrN3S. The van der Waals surface area contributed by atoms with Crippen LogP contribution in [0, 0.1) is 6.92 Å². The minimum atomic E-state index is 0.543. The second-order valence-corrected chi connectivity index (χ2v) is 7.11. The quantitative estimate of drug-likeness (QED) is 0.919. The van der Waals surface area contributed by atoms with Crippen LogP contribution in [0.25, 0.3) is 0 Å². The van der Waals surface area contributed by atoms with Gasteiger partial charge in [-0.1, -0.05) is 6.42 Å². The molecule has 0 bridgehead atoms. The van der Waals surface area contributed by atoms with Gasteiger partial charge in [0.05, 0.1) is 15.9 Å². The molecule has 1 aliphatic heterocycles. The fourth-order valence-corrected chi connectivity index (χ4v) is 4.58. The van der Waals surface area contributed by atoms with E-state index in [1.54, 1.807) is 0 Å². The summed E-state index contributed by atoms with van der Waals surface area (Å²) in [6, 6.07) is 0.543. The van der Waals surface area contributed by atoms with Gasteiger partial charge in [-0.05, 0) is 48.5 Å². The molecule has 1 aromatic heterocycles. The zero-order chi connectivity index (χ0) is 13.1. The topological polar surface area (TPSA) is 29.9 Å². The van der Waals surface area contributed by atoms with Gasteiger partial charge in [0.1, 0.15) is 0 Å². The summed E-state index contributed by atoms with van der Waals surface area (Å²) < 4.78 is 3.18. The van der Waals surface area contributed by atoms with E-state index in [4.69, 9.17) is 0 Å². The molecular weight excluding hydrogens is 310 g/mol. The average Bonchev–Trinajstić information content (AvgIpc) is 2.62. The number of aryl methyl sites for hydroxylation is 2. The summed E-state index contributed by atoms with van der Waals surface area (Å²) in [6.07, 6.45) is 5.14. The summed E-state index contributed by atoms with van der Waals surface area (Å²) in [4.78, 5) is 0. The van der Waals surface area contributed by atoms with Crippen LogP contribution in [0.15, 0.2) is 4.47 Å². The maximum absolute atomic E-state index is 4.48. The number of halogens is 1. The molecule has 18 heavy (non-hydrogen) atoms. The van der Waals surface area contributed by atoms with Crippen molar-refractivity contribution in [2.24, 2.45) is 7.05 Å². The lowest BCUT2D eigenvalue weighted by atomic mass is 10.0. The fraction of sp³-hybridized carbons (Fsp3) is 0.769. The molecule has 2 rings (SSSR count). The number of nitrogens with zero attached hydrogens (tertiary/aromatic N) is 2. The van der Waals surface area contributed by atoms with Crippen molar-refractivity contribution in [3.8, 4) is 0 Å². The summed E-state index contributed by atoms with van der Waals surface area (Å²) in [6.45, 7) is 2.05. The van der Waals surface area contributed by atoms with Gasteiger partial charge in [0, 0.05) is 24.8 Å². The maximum Gasteiger partial charge on any atom is 0.0738 e. The van der Waals surface area contributed by atoms with Crippen molar-refractivity contribution in [1.29, 1.82) is 0 Å². The molecule has 0 radical (unpaired) electrons. The highest BCUT2D eigenvalue weighted by Gasteiger charge is 2.25. The van der Waals surface area contributed by atoms with E-state index in [0.29, 0.717) is 6.04 Å². The third-order valence-electron chi connectivity index (χ3n) is 3.71. The molecule has 1 aromatic rings. The third-order valence-corrected chi connectivity index (χ3v) is 6.26. The Morgan fingerprint density at radius 2 is 2.33 bits per heavy atom. The summed E-state index contributed by atoms with van der Waals surface area (Å²) in [7, 11) is 4.12. The minimum absolute atomic E-state index is 0.543. The minimum Gasteiger partial charge on any atom is -0.316 e. The first-order valence-electron chi connectivity index (χ1n) is 6.60. The van der Waals surface area contributed by atoms with Crippen LogP contribution >= 0.6 is 27.7 Å². The number of nitrogens with one attached hydrogen (secondary N) is 1. The Hall–Kier alpha value is -0.000000000000000111. The van der Waals surface area contributed by atoms with Crippen LogP contribution < -0.4 is 5.32 Å². The highest BCUT2D eigenvalue weighted by Crippen LogP contribution is 2.30. The standard InChI is InChI=1S/C13H22BrN3S/c1-9-13(14)11(17(3)16-9)8-10(15-2)12-6-4-5-7-18-12/h10,12,15H,4-8H2,1-3H3. The van der Waals surface area contributed by atoms with Crippen molar-refractivity contribution in [2.45, 2.75) is 43.9 Å². The number of aromatic nitrogens is 2. The largest absolute Gasteiger partial charge is 0.316 e. The highest BCUT2D eigenvalue weighted by molar-refractivity contribution is 9.10. The molecule has 1 fully saturated rings. The summed E-state index contributed by atoms with van der Waals surface area (Å²) in [5.41, 5.74) is 2.39. The molecule has 102 valence electrons. The number of likely N-dealkylation sites (N-methyl/N-ethyl adjacent to an activating group) is 1. The predicted molar refractivity (Wildman–Crippen MR) is 82.3 cm³/mol. The maximum atomic E-state index is 4.48. The normalized spacial score (nSPS) is 22.1. The Bertz CT molecular complexity index is 399. The number of thioether (sulfide) groups is 1. The van der Waals surface area contributed by atoms with Gasteiger partial charge in [0.2, 0.25) is 0 Å². The average molecular weight is 332 g/mol. The first-order valence-corrected chi connectivity index (χ1v) is 8.44. The van der Waals surface area contributed by atoms with E-state index in [1.165, 1.54) is 35.2 Å². The summed E-state index contributed by atoms with van der Waals surface area (Å²) in [5, 5.41) is 8.72. The molecule has 0 saturated carbocycles. The van der Waals surface area contributed by atoms with Gasteiger partial charge in [-0.15, -0.1) is 0 Å². The van der Waals surface area contributed by atoms with E-state index in [0.717, 1.165) is 17.4 Å². The molecule has 1 N–H and O–H groups in total. The van der Waals surface area contributed by atoms with Gasteiger partial charge in [-0.25, -0.2) is 0 Å². The Morgan fingerprint density at radius 1 is 1.56 bits per heavy atom. The second kappa shape index (κ2) is 6.44. The van der Waals surface area contributed by atoms with Crippen LogP contribution in [0.2, 0.25) is 0 Å². The van der Waals surface area contributed by atoms with E-state index < -0.39 is 0 Å². The van der Waals surface area contributed by atoms with Crippen LogP contribution in [0.1, 0.15) is 30.7 Å². The Labute approximate surface area is 122 Å². The lowest BCUT2D eigenvalue weighted by Gasteiger charge is -2.29. The molecule has 2 unspecified atom stereocenters. The summed E-state index contributed by atoms with van der Waals surface area (Å²) in [5.74, 6) is 1.31. The van der Waals surface area contributed by atoms with E-state index >= 15 is 0 Å². The van der Waals surface area contributed by atoms with E-state index in [2.05, 4.69) is 52.1 Å². The SMILES string of the molecule is CNC(Cc1c(Br)c(C)nn1C)C1CCCCS1. The molecule has 0 spiro atoms. The predicted octanol–water partition coefficient (Wildman–Crippen LogP) is 2.91. The molecule has 5 heteroatoms. The van der Waals surface area contributed by atoms with Crippen molar-refractivity contribution < 1.29 is 0 Å². The molecule has 2 atom stereocenters. The molecule has 3 nitrogen and oxygen atoms in total. The molecule has 1 aliphatic rings. The Kier molecular flexibility index (Phi) is 5.15. The Morgan fingerprint density at radius 3 is 2.83 bits per heavy atom. The summed E-state index contributed by atoms with van der Waals surface area (Å²) >= 11 is 5.79. The van der Waals surface area contributed by atoms with Gasteiger partial charge >= 0.3 is 0 Å². The van der Waals surface area contributed by atoms with E-state index in [-0.39, 0.29) is 0 Å². The van der Waals surface area contributed by atoms with Crippen LogP contribution in [0.3, 0.4) is 0 Å². The molecule has 0 aliphatic carbocycles. The van der Waals surface area contributed by atoms with Gasteiger partial charge in [0.25, 0.3) is 0 Å². The number of hydrogen-bond acceptors (Lipinski definition) is 3.